The molecule has 5 nitrogen and oxygen atoms in total. The fourth-order valence-electron chi connectivity index (χ4n) is 4.37. The number of aliphatic hydroxyl groups is 1. The van der Waals surface area contributed by atoms with Crippen molar-refractivity contribution < 1.29 is 13.9 Å². The van der Waals surface area contributed by atoms with E-state index in [0.717, 1.165) is 37.3 Å². The number of allylic oxidation sites excluding steroid dienone is 1. The lowest BCUT2D eigenvalue weighted by Crippen LogP contribution is -2.42. The summed E-state index contributed by atoms with van der Waals surface area (Å²) in [5.41, 5.74) is -0.336. The number of benzene rings is 1. The second kappa shape index (κ2) is 10.6. The summed E-state index contributed by atoms with van der Waals surface area (Å²) in [5, 5.41) is 15.8. The molecule has 8 heteroatoms. The predicted molar refractivity (Wildman–Crippen MR) is 126 cm³/mol. The maximum Gasteiger partial charge on any atom is 0.137 e. The van der Waals surface area contributed by atoms with Crippen molar-refractivity contribution in [3.05, 3.63) is 84.2 Å². The van der Waals surface area contributed by atoms with E-state index in [9.17, 15) is 13.9 Å². The van der Waals surface area contributed by atoms with Crippen LogP contribution in [-0.2, 0) is 12.1 Å². The smallest absolute Gasteiger partial charge is 0.137 e. The van der Waals surface area contributed by atoms with Crippen molar-refractivity contribution in [3.8, 4) is 0 Å². The molecular formula is C25H28F2N4OS. The predicted octanol–water partition coefficient (Wildman–Crippen LogP) is 5.23. The van der Waals surface area contributed by atoms with E-state index in [1.54, 1.807) is 24.2 Å². The second-order valence-electron chi connectivity index (χ2n) is 8.60. The van der Waals surface area contributed by atoms with Crippen molar-refractivity contribution in [2.45, 2.75) is 55.3 Å². The van der Waals surface area contributed by atoms with Crippen LogP contribution in [0.2, 0.25) is 0 Å². The summed E-state index contributed by atoms with van der Waals surface area (Å²) in [5.74, 6) is -0.901. The van der Waals surface area contributed by atoms with Crippen LogP contribution in [-0.4, -0.2) is 35.4 Å². The van der Waals surface area contributed by atoms with Gasteiger partial charge in [-0.3, -0.25) is 4.98 Å². The molecular weight excluding hydrogens is 442 g/mol. The zero-order chi connectivity index (χ0) is 23.3. The van der Waals surface area contributed by atoms with E-state index in [4.69, 9.17) is 0 Å². The van der Waals surface area contributed by atoms with Crippen LogP contribution < -0.4 is 0 Å². The van der Waals surface area contributed by atoms with Crippen LogP contribution >= 0.6 is 11.8 Å². The molecule has 1 saturated carbocycles. The summed E-state index contributed by atoms with van der Waals surface area (Å²) in [4.78, 5) is 7.97. The molecule has 1 aromatic carbocycles. The highest BCUT2D eigenvalue weighted by molar-refractivity contribution is 8.00. The molecule has 2 atom stereocenters. The van der Waals surface area contributed by atoms with Crippen LogP contribution in [0.5, 0.6) is 0 Å². The van der Waals surface area contributed by atoms with Gasteiger partial charge in [-0.15, -0.1) is 0 Å². The quantitative estimate of drug-likeness (QED) is 0.488. The molecule has 3 aromatic rings. The Balaban J connectivity index is 1.43. The van der Waals surface area contributed by atoms with Crippen LogP contribution in [0.25, 0.3) is 6.08 Å². The number of aromatic nitrogens is 4. The molecule has 1 unspecified atom stereocenters. The van der Waals surface area contributed by atoms with Gasteiger partial charge in [-0.2, -0.15) is 16.9 Å². The van der Waals surface area contributed by atoms with Crippen molar-refractivity contribution in [1.82, 2.24) is 19.7 Å². The summed E-state index contributed by atoms with van der Waals surface area (Å²) in [6, 6.07) is 7.32. The summed E-state index contributed by atoms with van der Waals surface area (Å²) in [7, 11) is 0. The van der Waals surface area contributed by atoms with Gasteiger partial charge in [0.25, 0.3) is 0 Å². The number of thioether (sulfide) groups is 1. The molecule has 0 amide bonds. The molecule has 0 aliphatic heterocycles. The molecule has 1 fully saturated rings. The lowest BCUT2D eigenvalue weighted by atomic mass is 9.88. The molecule has 2 heterocycles. The fraction of sp³-hybridized carbons (Fsp3) is 0.400. The third-order valence-electron chi connectivity index (χ3n) is 6.32. The normalized spacial score (nSPS) is 21.7. The van der Waals surface area contributed by atoms with Gasteiger partial charge in [0.1, 0.15) is 29.9 Å². The fourth-order valence-corrected chi connectivity index (χ4v) is 5.92. The first-order valence-corrected chi connectivity index (χ1v) is 12.1. The highest BCUT2D eigenvalue weighted by Crippen LogP contribution is 2.42. The Morgan fingerprint density at radius 2 is 1.91 bits per heavy atom. The van der Waals surface area contributed by atoms with Gasteiger partial charge in [-0.1, -0.05) is 25.1 Å². The Labute approximate surface area is 197 Å². The van der Waals surface area contributed by atoms with E-state index in [1.165, 1.54) is 29.5 Å². The Morgan fingerprint density at radius 1 is 1.15 bits per heavy atom. The van der Waals surface area contributed by atoms with Gasteiger partial charge >= 0.3 is 0 Å². The van der Waals surface area contributed by atoms with Crippen LogP contribution in [0.3, 0.4) is 0 Å². The largest absolute Gasteiger partial charge is 0.382 e. The maximum absolute atomic E-state index is 14.7. The zero-order valence-electron chi connectivity index (χ0n) is 18.5. The topological polar surface area (TPSA) is 63.8 Å². The molecule has 4 rings (SSSR count). The molecule has 0 bridgehead atoms. The Hall–Kier alpha value is -2.58. The van der Waals surface area contributed by atoms with E-state index >= 15 is 0 Å². The third-order valence-corrected chi connectivity index (χ3v) is 7.98. The van der Waals surface area contributed by atoms with Crippen LogP contribution in [0, 0.1) is 17.6 Å². The summed E-state index contributed by atoms with van der Waals surface area (Å²) < 4.78 is 29.7. The van der Waals surface area contributed by atoms with Gasteiger partial charge in [0.05, 0.1) is 6.54 Å². The second-order valence-corrected chi connectivity index (χ2v) is 10.2. The SMILES string of the molecule is C[C@@H](SC1CCC(/C=C/c2ccncc2)CC1)C(O)(Cn1cncn1)c1ccc(F)cc1F. The zero-order valence-corrected chi connectivity index (χ0v) is 19.3. The van der Waals surface area contributed by atoms with Gasteiger partial charge < -0.3 is 5.11 Å². The van der Waals surface area contributed by atoms with Gasteiger partial charge in [0.15, 0.2) is 0 Å². The standard InChI is InChI=1S/C25H28F2N4OS/c1-18(33-22-7-4-19(5-8-22)2-3-20-10-12-28-13-11-20)25(32,15-31-17-29-16-30-31)23-9-6-21(26)14-24(23)27/h2-3,6,9-14,16-19,22,32H,4-5,7-8,15H2,1H3/b3-2+/t18-,19?,22?,25?/m1/s1. The lowest BCUT2D eigenvalue weighted by Gasteiger charge is -2.37. The maximum atomic E-state index is 14.7. The van der Waals surface area contributed by atoms with Crippen LogP contribution in [0.15, 0.2) is 61.5 Å². The van der Waals surface area contributed by atoms with E-state index in [2.05, 4.69) is 27.2 Å². The lowest BCUT2D eigenvalue weighted by molar-refractivity contribution is 0.0131. The van der Waals surface area contributed by atoms with E-state index < -0.39 is 17.2 Å². The van der Waals surface area contributed by atoms with E-state index in [-0.39, 0.29) is 17.4 Å². The van der Waals surface area contributed by atoms with Crippen molar-refractivity contribution >= 4 is 17.8 Å². The Bertz CT molecular complexity index is 1060. The van der Waals surface area contributed by atoms with E-state index in [1.807, 2.05) is 19.1 Å². The molecule has 174 valence electrons. The Kier molecular flexibility index (Phi) is 7.55. The van der Waals surface area contributed by atoms with Crippen molar-refractivity contribution in [3.63, 3.8) is 0 Å². The minimum absolute atomic E-state index is 0.0355. The van der Waals surface area contributed by atoms with Crippen LogP contribution in [0.1, 0.15) is 43.7 Å². The van der Waals surface area contributed by atoms with Gasteiger partial charge in [-0.25, -0.2) is 18.4 Å². The molecule has 2 aromatic heterocycles. The first-order chi connectivity index (χ1) is 15.9. The average Bonchev–Trinajstić information content (AvgIpc) is 3.32. The highest BCUT2D eigenvalue weighted by atomic mass is 32.2. The van der Waals surface area contributed by atoms with Crippen molar-refractivity contribution in [2.24, 2.45) is 5.92 Å². The number of nitrogens with zero attached hydrogens (tertiary/aromatic N) is 4. The minimum Gasteiger partial charge on any atom is -0.382 e. The first-order valence-electron chi connectivity index (χ1n) is 11.2. The van der Waals surface area contributed by atoms with Gasteiger partial charge in [-0.05, 0) is 55.4 Å². The molecule has 1 aliphatic rings. The summed E-state index contributed by atoms with van der Waals surface area (Å²) >= 11 is 1.67. The van der Waals surface area contributed by atoms with Gasteiger partial charge in [0, 0.05) is 34.5 Å². The average molecular weight is 471 g/mol. The van der Waals surface area contributed by atoms with Crippen LogP contribution in [0.4, 0.5) is 8.78 Å². The number of pyridine rings is 1. The van der Waals surface area contributed by atoms with Crippen molar-refractivity contribution in [2.75, 3.05) is 0 Å². The third kappa shape index (κ3) is 5.86. The number of halogens is 2. The summed E-state index contributed by atoms with van der Waals surface area (Å²) in [6.07, 6.45) is 15.0. The van der Waals surface area contributed by atoms with Gasteiger partial charge in [0.2, 0.25) is 0 Å². The summed E-state index contributed by atoms with van der Waals surface area (Å²) in [6.45, 7) is 1.94. The molecule has 0 spiro atoms. The van der Waals surface area contributed by atoms with E-state index in [0.29, 0.717) is 11.2 Å². The molecule has 0 radical (unpaired) electrons. The molecule has 0 saturated heterocycles. The number of hydrogen-bond donors (Lipinski definition) is 1. The van der Waals surface area contributed by atoms with Crippen molar-refractivity contribution in [1.29, 1.82) is 0 Å². The molecule has 1 aliphatic carbocycles. The molecule has 1 N–H and O–H groups in total. The number of rotatable bonds is 8. The highest BCUT2D eigenvalue weighted by Gasteiger charge is 2.41. The first kappa shape index (κ1) is 23.6. The minimum atomic E-state index is -1.56. The Morgan fingerprint density at radius 3 is 2.58 bits per heavy atom. The number of hydrogen-bond acceptors (Lipinski definition) is 5. The monoisotopic (exact) mass is 470 g/mol. The molecule has 33 heavy (non-hydrogen) atoms.